The third-order valence-corrected chi connectivity index (χ3v) is 7.84. The molecule has 32 heavy (non-hydrogen) atoms. The SMILES string of the molecule is C=CC(CC(F)(C=C)CC(=C)C1CCCC(N)C1)/C(C)=C1\C=NCC2CC=CC(F)CC12. The second-order valence-corrected chi connectivity index (χ2v) is 10.2. The van der Waals surface area contributed by atoms with Gasteiger partial charge in [0.25, 0.3) is 0 Å². The van der Waals surface area contributed by atoms with Crippen LogP contribution < -0.4 is 5.73 Å². The predicted molar refractivity (Wildman–Crippen MR) is 132 cm³/mol. The lowest BCUT2D eigenvalue weighted by molar-refractivity contribution is 0.189. The van der Waals surface area contributed by atoms with Crippen LogP contribution in [0, 0.1) is 23.7 Å². The summed E-state index contributed by atoms with van der Waals surface area (Å²) >= 11 is 0. The molecule has 2 aliphatic carbocycles. The number of aliphatic imine (C=N–C) groups is 1. The van der Waals surface area contributed by atoms with E-state index in [-0.39, 0.29) is 36.6 Å². The number of rotatable bonds is 8. The summed E-state index contributed by atoms with van der Waals surface area (Å²) in [6, 6.07) is 0.183. The van der Waals surface area contributed by atoms with Gasteiger partial charge >= 0.3 is 0 Å². The summed E-state index contributed by atoms with van der Waals surface area (Å²) in [5.41, 5.74) is 7.60. The number of nitrogens with two attached hydrogens (primary N) is 1. The fraction of sp³-hybridized carbons (Fsp3) is 0.607. The molecule has 7 unspecified atom stereocenters. The molecule has 0 aromatic carbocycles. The first-order valence-electron chi connectivity index (χ1n) is 12.2. The number of hydrogen-bond donors (Lipinski definition) is 1. The lowest BCUT2D eigenvalue weighted by Gasteiger charge is -2.34. The Labute approximate surface area is 193 Å². The topological polar surface area (TPSA) is 38.4 Å². The maximum absolute atomic E-state index is 16.1. The van der Waals surface area contributed by atoms with Gasteiger partial charge in [0.2, 0.25) is 0 Å². The fourth-order valence-corrected chi connectivity index (χ4v) is 5.78. The quantitative estimate of drug-likeness (QED) is 0.410. The Kier molecular flexibility index (Phi) is 8.43. The summed E-state index contributed by atoms with van der Waals surface area (Å²) < 4.78 is 30.4. The van der Waals surface area contributed by atoms with Crippen molar-refractivity contribution in [1.29, 1.82) is 0 Å². The van der Waals surface area contributed by atoms with Gasteiger partial charge in [0.05, 0.1) is 0 Å². The highest BCUT2D eigenvalue weighted by atomic mass is 19.1. The van der Waals surface area contributed by atoms with Crippen molar-refractivity contribution in [3.8, 4) is 0 Å². The number of allylic oxidation sites excluding steroid dienone is 7. The van der Waals surface area contributed by atoms with Crippen molar-refractivity contribution in [2.75, 3.05) is 6.54 Å². The van der Waals surface area contributed by atoms with Crippen LogP contribution in [0.5, 0.6) is 0 Å². The van der Waals surface area contributed by atoms with Gasteiger partial charge in [0, 0.05) is 31.1 Å². The monoisotopic (exact) mass is 442 g/mol. The first kappa shape index (κ1) is 24.8. The zero-order chi connectivity index (χ0) is 23.3. The van der Waals surface area contributed by atoms with E-state index in [9.17, 15) is 4.39 Å². The molecule has 1 heterocycles. The molecule has 0 bridgehead atoms. The van der Waals surface area contributed by atoms with E-state index in [4.69, 9.17) is 5.73 Å². The van der Waals surface area contributed by atoms with Crippen molar-refractivity contribution in [2.45, 2.75) is 76.2 Å². The summed E-state index contributed by atoms with van der Waals surface area (Å²) in [6.07, 6.45) is 13.7. The number of alkyl halides is 2. The average molecular weight is 443 g/mol. The molecule has 0 saturated heterocycles. The van der Waals surface area contributed by atoms with Crippen LogP contribution in [0.25, 0.3) is 0 Å². The number of hydrogen-bond acceptors (Lipinski definition) is 2. The minimum atomic E-state index is -1.57. The first-order valence-corrected chi connectivity index (χ1v) is 12.2. The summed E-state index contributed by atoms with van der Waals surface area (Å²) in [6.45, 7) is 14.8. The van der Waals surface area contributed by atoms with E-state index in [1.165, 1.54) is 6.08 Å². The Hall–Kier alpha value is -1.81. The molecule has 176 valence electrons. The molecule has 1 aliphatic heterocycles. The van der Waals surface area contributed by atoms with Crippen LogP contribution in [0.15, 0.2) is 65.8 Å². The molecule has 3 aliphatic rings. The normalized spacial score (nSPS) is 34.6. The van der Waals surface area contributed by atoms with Crippen molar-refractivity contribution in [3.05, 3.63) is 60.8 Å². The summed E-state index contributed by atoms with van der Waals surface area (Å²) in [7, 11) is 0. The van der Waals surface area contributed by atoms with Crippen molar-refractivity contribution < 1.29 is 8.78 Å². The molecule has 0 spiro atoms. The van der Waals surface area contributed by atoms with Crippen molar-refractivity contribution in [3.63, 3.8) is 0 Å². The average Bonchev–Trinajstić information content (AvgIpc) is 2.97. The molecule has 0 radical (unpaired) electrons. The summed E-state index contributed by atoms with van der Waals surface area (Å²) in [4.78, 5) is 4.57. The van der Waals surface area contributed by atoms with Crippen molar-refractivity contribution >= 4 is 6.21 Å². The Morgan fingerprint density at radius 1 is 1.34 bits per heavy atom. The smallest absolute Gasteiger partial charge is 0.133 e. The minimum Gasteiger partial charge on any atom is -0.328 e. The van der Waals surface area contributed by atoms with Crippen LogP contribution in [0.2, 0.25) is 0 Å². The molecule has 7 atom stereocenters. The van der Waals surface area contributed by atoms with Gasteiger partial charge < -0.3 is 5.73 Å². The number of halogens is 2. The number of nitrogens with zero attached hydrogens (tertiary/aromatic N) is 1. The molecule has 1 saturated carbocycles. The van der Waals surface area contributed by atoms with E-state index in [1.807, 2.05) is 25.3 Å². The van der Waals surface area contributed by atoms with Gasteiger partial charge in [-0.15, -0.1) is 6.58 Å². The third kappa shape index (κ3) is 5.95. The zero-order valence-electron chi connectivity index (χ0n) is 19.6. The van der Waals surface area contributed by atoms with E-state index in [0.717, 1.165) is 55.4 Å². The van der Waals surface area contributed by atoms with Crippen LogP contribution in [-0.4, -0.2) is 30.6 Å². The van der Waals surface area contributed by atoms with E-state index in [1.54, 1.807) is 6.08 Å². The Bertz CT molecular complexity index is 795. The predicted octanol–water partition coefficient (Wildman–Crippen LogP) is 6.86. The van der Waals surface area contributed by atoms with Gasteiger partial charge in [-0.2, -0.15) is 0 Å². The van der Waals surface area contributed by atoms with E-state index in [0.29, 0.717) is 12.3 Å². The largest absolute Gasteiger partial charge is 0.328 e. The van der Waals surface area contributed by atoms with Crippen LogP contribution >= 0.6 is 0 Å². The highest BCUT2D eigenvalue weighted by molar-refractivity contribution is 5.81. The second kappa shape index (κ2) is 10.9. The van der Waals surface area contributed by atoms with E-state index >= 15 is 4.39 Å². The molecule has 2 nitrogen and oxygen atoms in total. The molecular weight excluding hydrogens is 402 g/mol. The molecule has 3 rings (SSSR count). The van der Waals surface area contributed by atoms with Gasteiger partial charge in [-0.3, -0.25) is 4.99 Å². The molecular formula is C28H40F2N2. The minimum absolute atomic E-state index is 0.108. The maximum Gasteiger partial charge on any atom is 0.133 e. The van der Waals surface area contributed by atoms with Crippen molar-refractivity contribution in [2.24, 2.45) is 34.4 Å². The highest BCUT2D eigenvalue weighted by Crippen LogP contribution is 2.41. The van der Waals surface area contributed by atoms with Gasteiger partial charge in [0.1, 0.15) is 11.8 Å². The Morgan fingerprint density at radius 2 is 2.12 bits per heavy atom. The second-order valence-electron chi connectivity index (χ2n) is 10.2. The van der Waals surface area contributed by atoms with Gasteiger partial charge in [0.15, 0.2) is 0 Å². The van der Waals surface area contributed by atoms with Crippen molar-refractivity contribution in [1.82, 2.24) is 0 Å². The van der Waals surface area contributed by atoms with E-state index < -0.39 is 11.8 Å². The van der Waals surface area contributed by atoms with Crippen LogP contribution in [0.3, 0.4) is 0 Å². The lowest BCUT2D eigenvalue weighted by Crippen LogP contribution is -2.32. The van der Waals surface area contributed by atoms with Crippen LogP contribution in [0.4, 0.5) is 8.78 Å². The maximum atomic E-state index is 16.1. The summed E-state index contributed by atoms with van der Waals surface area (Å²) in [5.74, 6) is 0.518. The molecule has 0 amide bonds. The van der Waals surface area contributed by atoms with Gasteiger partial charge in [-0.1, -0.05) is 55.0 Å². The molecule has 2 N–H and O–H groups in total. The van der Waals surface area contributed by atoms with Gasteiger partial charge in [-0.05, 0) is 68.8 Å². The standard InChI is InChI=1S/C28H40F2N2/c1-5-21(16-28(30,6-2)15-19(3)22-9-8-12-25(31)13-22)20(4)27-18-32-17-23-10-7-11-24(29)14-26(23)27/h5-7,11,18,21-26H,1-3,8-10,12-17,31H2,4H3/b27-20+. The third-order valence-electron chi connectivity index (χ3n) is 7.84. The fourth-order valence-electron chi connectivity index (χ4n) is 5.78. The number of fused-ring (bicyclic) bond motifs is 1. The van der Waals surface area contributed by atoms with Crippen LogP contribution in [0.1, 0.15) is 58.3 Å². The highest BCUT2D eigenvalue weighted by Gasteiger charge is 2.36. The first-order chi connectivity index (χ1) is 15.3. The molecule has 4 heteroatoms. The van der Waals surface area contributed by atoms with Gasteiger partial charge in [-0.25, -0.2) is 8.78 Å². The van der Waals surface area contributed by atoms with E-state index in [2.05, 4.69) is 24.7 Å². The summed E-state index contributed by atoms with van der Waals surface area (Å²) in [5, 5.41) is 0. The van der Waals surface area contributed by atoms with Crippen LogP contribution in [-0.2, 0) is 0 Å². The molecule has 0 aromatic heterocycles. The zero-order valence-corrected chi connectivity index (χ0v) is 19.6. The Morgan fingerprint density at radius 3 is 2.81 bits per heavy atom. The molecule has 0 aromatic rings. The Balaban J connectivity index is 1.77. The molecule has 1 fully saturated rings. The lowest BCUT2D eigenvalue weighted by atomic mass is 9.73.